The van der Waals surface area contributed by atoms with Gasteiger partial charge in [0.15, 0.2) is 0 Å². The molecule has 1 saturated heterocycles. The fourth-order valence-electron chi connectivity index (χ4n) is 1.74. The van der Waals surface area contributed by atoms with Gasteiger partial charge in [-0.1, -0.05) is 0 Å². The summed E-state index contributed by atoms with van der Waals surface area (Å²) in [5, 5.41) is 3.35. The largest absolute Gasteiger partial charge is 0.369 e. The third-order valence-corrected chi connectivity index (χ3v) is 2.78. The van der Waals surface area contributed by atoms with E-state index in [1.807, 2.05) is 10.8 Å². The molecule has 0 radical (unpaired) electrons. The molecule has 1 aliphatic heterocycles. The summed E-state index contributed by atoms with van der Waals surface area (Å²) in [6.07, 6.45) is 4.34. The van der Waals surface area contributed by atoms with Crippen LogP contribution in [-0.4, -0.2) is 22.6 Å². The van der Waals surface area contributed by atoms with Gasteiger partial charge in [-0.3, -0.25) is 0 Å². The van der Waals surface area contributed by atoms with E-state index in [0.29, 0.717) is 12.0 Å². The normalized spacial score (nSPS) is 23.3. The third-order valence-electron chi connectivity index (χ3n) is 2.40. The SMILES string of the molecule is Nc1nc(Br)cn1C1CCCNC1. The third kappa shape index (κ3) is 1.86. The highest BCUT2D eigenvalue weighted by Gasteiger charge is 2.17. The molecule has 0 bridgehead atoms. The van der Waals surface area contributed by atoms with Crippen molar-refractivity contribution >= 4 is 21.9 Å². The van der Waals surface area contributed by atoms with Gasteiger partial charge in [-0.05, 0) is 35.3 Å². The number of nitrogens with one attached hydrogen (secondary N) is 1. The van der Waals surface area contributed by atoms with Crippen LogP contribution in [-0.2, 0) is 0 Å². The molecular formula is C8H13BrN4. The predicted molar refractivity (Wildman–Crippen MR) is 55.5 cm³/mol. The second-order valence-corrected chi connectivity index (χ2v) is 4.14. The number of rotatable bonds is 1. The zero-order valence-corrected chi connectivity index (χ0v) is 8.92. The van der Waals surface area contributed by atoms with Crippen LogP contribution in [0, 0.1) is 0 Å². The molecular weight excluding hydrogens is 232 g/mol. The van der Waals surface area contributed by atoms with E-state index in [1.165, 1.54) is 12.8 Å². The molecule has 3 N–H and O–H groups in total. The predicted octanol–water partition coefficient (Wildman–Crippen LogP) is 1.15. The molecule has 0 aliphatic carbocycles. The highest BCUT2D eigenvalue weighted by atomic mass is 79.9. The highest BCUT2D eigenvalue weighted by molar-refractivity contribution is 9.10. The van der Waals surface area contributed by atoms with E-state index in [9.17, 15) is 0 Å². The van der Waals surface area contributed by atoms with Crippen molar-refractivity contribution in [3.63, 3.8) is 0 Å². The van der Waals surface area contributed by atoms with E-state index in [2.05, 4.69) is 26.2 Å². The lowest BCUT2D eigenvalue weighted by molar-refractivity contribution is 0.374. The van der Waals surface area contributed by atoms with Crippen molar-refractivity contribution in [2.75, 3.05) is 18.8 Å². The second kappa shape index (κ2) is 3.67. The lowest BCUT2D eigenvalue weighted by atomic mass is 10.1. The maximum absolute atomic E-state index is 5.77. The van der Waals surface area contributed by atoms with E-state index in [4.69, 9.17) is 5.73 Å². The zero-order chi connectivity index (χ0) is 9.26. The number of hydrogen-bond acceptors (Lipinski definition) is 3. The highest BCUT2D eigenvalue weighted by Crippen LogP contribution is 2.22. The van der Waals surface area contributed by atoms with Gasteiger partial charge in [0.1, 0.15) is 4.60 Å². The molecule has 1 aliphatic rings. The van der Waals surface area contributed by atoms with Crippen LogP contribution in [0.3, 0.4) is 0 Å². The number of imidazole rings is 1. The minimum Gasteiger partial charge on any atom is -0.369 e. The minimum absolute atomic E-state index is 0.465. The number of aromatic nitrogens is 2. The molecule has 1 atom stereocenters. The first-order chi connectivity index (χ1) is 6.27. The van der Waals surface area contributed by atoms with Gasteiger partial charge in [0.2, 0.25) is 5.95 Å². The molecule has 1 aromatic heterocycles. The van der Waals surface area contributed by atoms with E-state index in [-0.39, 0.29) is 0 Å². The van der Waals surface area contributed by atoms with Gasteiger partial charge in [-0.15, -0.1) is 0 Å². The molecule has 0 saturated carbocycles. The maximum Gasteiger partial charge on any atom is 0.201 e. The van der Waals surface area contributed by atoms with E-state index >= 15 is 0 Å². The number of halogens is 1. The first-order valence-corrected chi connectivity index (χ1v) is 5.27. The Morgan fingerprint density at radius 2 is 2.54 bits per heavy atom. The standard InChI is InChI=1S/C8H13BrN4/c9-7-5-13(8(10)12-7)6-2-1-3-11-4-6/h5-6,11H,1-4H2,(H2,10,12). The average Bonchev–Trinajstić information content (AvgIpc) is 2.47. The summed E-state index contributed by atoms with van der Waals surface area (Å²) in [5.74, 6) is 0.598. The number of nitrogen functional groups attached to an aromatic ring is 1. The van der Waals surface area contributed by atoms with Crippen molar-refractivity contribution < 1.29 is 0 Å². The van der Waals surface area contributed by atoms with Gasteiger partial charge in [0, 0.05) is 18.8 Å². The maximum atomic E-state index is 5.77. The molecule has 0 aromatic carbocycles. The molecule has 4 nitrogen and oxygen atoms in total. The molecule has 2 rings (SSSR count). The molecule has 72 valence electrons. The fourth-order valence-corrected chi connectivity index (χ4v) is 2.14. The van der Waals surface area contributed by atoms with Crippen LogP contribution in [0.2, 0.25) is 0 Å². The van der Waals surface area contributed by atoms with Crippen molar-refractivity contribution in [2.24, 2.45) is 0 Å². The topological polar surface area (TPSA) is 55.9 Å². The summed E-state index contributed by atoms with van der Waals surface area (Å²) in [7, 11) is 0. The molecule has 2 heterocycles. The first kappa shape index (κ1) is 9.02. The summed E-state index contributed by atoms with van der Waals surface area (Å²) in [6.45, 7) is 2.11. The van der Waals surface area contributed by atoms with Crippen molar-refractivity contribution in [3.05, 3.63) is 10.8 Å². The van der Waals surface area contributed by atoms with E-state index in [1.54, 1.807) is 0 Å². The van der Waals surface area contributed by atoms with E-state index < -0.39 is 0 Å². The molecule has 1 aromatic rings. The average molecular weight is 245 g/mol. The van der Waals surface area contributed by atoms with Gasteiger partial charge in [0.25, 0.3) is 0 Å². The molecule has 0 spiro atoms. The van der Waals surface area contributed by atoms with Crippen molar-refractivity contribution in [1.82, 2.24) is 14.9 Å². The van der Waals surface area contributed by atoms with E-state index in [0.717, 1.165) is 17.7 Å². The second-order valence-electron chi connectivity index (χ2n) is 3.33. The zero-order valence-electron chi connectivity index (χ0n) is 7.33. The van der Waals surface area contributed by atoms with Gasteiger partial charge < -0.3 is 15.6 Å². The molecule has 5 heteroatoms. The van der Waals surface area contributed by atoms with Crippen LogP contribution in [0.1, 0.15) is 18.9 Å². The Morgan fingerprint density at radius 1 is 1.69 bits per heavy atom. The van der Waals surface area contributed by atoms with Gasteiger partial charge in [-0.25, -0.2) is 4.98 Å². The summed E-state index contributed by atoms with van der Waals surface area (Å²) < 4.78 is 2.85. The Balaban J connectivity index is 2.18. The van der Waals surface area contributed by atoms with Gasteiger partial charge in [0.05, 0.1) is 0 Å². The Labute approximate surface area is 85.6 Å². The number of nitrogens with two attached hydrogens (primary N) is 1. The lowest BCUT2D eigenvalue weighted by Crippen LogP contribution is -2.31. The monoisotopic (exact) mass is 244 g/mol. The number of anilines is 1. The number of nitrogens with zero attached hydrogens (tertiary/aromatic N) is 2. The van der Waals surface area contributed by atoms with Crippen molar-refractivity contribution in [3.8, 4) is 0 Å². The van der Waals surface area contributed by atoms with Crippen LogP contribution >= 0.6 is 15.9 Å². The Bertz CT molecular complexity index is 290. The van der Waals surface area contributed by atoms with Crippen LogP contribution < -0.4 is 11.1 Å². The first-order valence-electron chi connectivity index (χ1n) is 4.48. The molecule has 0 amide bonds. The summed E-state index contributed by atoms with van der Waals surface area (Å²) in [6, 6.07) is 0.465. The van der Waals surface area contributed by atoms with Crippen LogP contribution in [0.4, 0.5) is 5.95 Å². The molecule has 1 fully saturated rings. The quantitative estimate of drug-likeness (QED) is 0.780. The van der Waals surface area contributed by atoms with Gasteiger partial charge in [-0.2, -0.15) is 0 Å². The molecule has 1 unspecified atom stereocenters. The number of piperidine rings is 1. The van der Waals surface area contributed by atoms with Gasteiger partial charge >= 0.3 is 0 Å². The Kier molecular flexibility index (Phi) is 2.55. The number of hydrogen-bond donors (Lipinski definition) is 2. The Hall–Kier alpha value is -0.550. The smallest absolute Gasteiger partial charge is 0.201 e. The molecule has 13 heavy (non-hydrogen) atoms. The van der Waals surface area contributed by atoms with Crippen molar-refractivity contribution in [2.45, 2.75) is 18.9 Å². The van der Waals surface area contributed by atoms with Crippen LogP contribution in [0.15, 0.2) is 10.8 Å². The Morgan fingerprint density at radius 3 is 3.08 bits per heavy atom. The fraction of sp³-hybridized carbons (Fsp3) is 0.625. The summed E-state index contributed by atoms with van der Waals surface area (Å²) >= 11 is 3.32. The minimum atomic E-state index is 0.465. The van der Waals surface area contributed by atoms with Crippen molar-refractivity contribution in [1.29, 1.82) is 0 Å². The summed E-state index contributed by atoms with van der Waals surface area (Å²) in [4.78, 5) is 4.12. The summed E-state index contributed by atoms with van der Waals surface area (Å²) in [5.41, 5.74) is 5.77. The van der Waals surface area contributed by atoms with Crippen LogP contribution in [0.5, 0.6) is 0 Å². The lowest BCUT2D eigenvalue weighted by Gasteiger charge is -2.24. The van der Waals surface area contributed by atoms with Crippen LogP contribution in [0.25, 0.3) is 0 Å².